The third-order valence-electron chi connectivity index (χ3n) is 5.04. The van der Waals surface area contributed by atoms with E-state index in [1.807, 2.05) is 20.8 Å². The van der Waals surface area contributed by atoms with E-state index in [1.54, 1.807) is 0 Å². The minimum atomic E-state index is -0.766. The molecule has 3 heteroatoms. The lowest BCUT2D eigenvalue weighted by Crippen LogP contribution is -2.24. The maximum absolute atomic E-state index is 11.5. The molecule has 116 valence electrons. The SMILES string of the molecule is CCC1CC(C(=O)O)C(C(O)c2c(C)cc(C)cc2C)C1. The first kappa shape index (κ1) is 16.0. The molecule has 0 amide bonds. The van der Waals surface area contributed by atoms with Gasteiger partial charge in [-0.3, -0.25) is 4.79 Å². The molecule has 2 rings (SSSR count). The van der Waals surface area contributed by atoms with E-state index < -0.39 is 18.0 Å². The zero-order valence-corrected chi connectivity index (χ0v) is 13.4. The molecule has 1 fully saturated rings. The van der Waals surface area contributed by atoms with Gasteiger partial charge in [0.2, 0.25) is 0 Å². The van der Waals surface area contributed by atoms with Crippen molar-refractivity contribution in [3.63, 3.8) is 0 Å². The molecule has 21 heavy (non-hydrogen) atoms. The van der Waals surface area contributed by atoms with Crippen molar-refractivity contribution in [3.05, 3.63) is 34.4 Å². The van der Waals surface area contributed by atoms with Gasteiger partial charge in [0, 0.05) is 5.92 Å². The van der Waals surface area contributed by atoms with Gasteiger partial charge in [-0.05, 0) is 56.2 Å². The van der Waals surface area contributed by atoms with Crippen LogP contribution in [0.15, 0.2) is 12.1 Å². The van der Waals surface area contributed by atoms with Crippen molar-refractivity contribution in [2.45, 2.75) is 53.1 Å². The zero-order valence-electron chi connectivity index (χ0n) is 13.4. The van der Waals surface area contributed by atoms with Crippen LogP contribution in [0.4, 0.5) is 0 Å². The molecule has 1 aliphatic carbocycles. The van der Waals surface area contributed by atoms with E-state index in [0.29, 0.717) is 12.3 Å². The Morgan fingerprint density at radius 1 is 1.24 bits per heavy atom. The van der Waals surface area contributed by atoms with Crippen molar-refractivity contribution in [1.29, 1.82) is 0 Å². The predicted molar refractivity (Wildman–Crippen MR) is 83.2 cm³/mol. The number of hydrogen-bond donors (Lipinski definition) is 2. The maximum atomic E-state index is 11.5. The van der Waals surface area contributed by atoms with Crippen LogP contribution in [-0.4, -0.2) is 16.2 Å². The molecule has 0 radical (unpaired) electrons. The highest BCUT2D eigenvalue weighted by Gasteiger charge is 2.42. The summed E-state index contributed by atoms with van der Waals surface area (Å²) in [6.45, 7) is 8.14. The van der Waals surface area contributed by atoms with Crippen molar-refractivity contribution in [1.82, 2.24) is 0 Å². The van der Waals surface area contributed by atoms with Gasteiger partial charge in [-0.2, -0.15) is 0 Å². The normalized spacial score (nSPS) is 26.8. The van der Waals surface area contributed by atoms with Crippen LogP contribution in [0.25, 0.3) is 0 Å². The van der Waals surface area contributed by atoms with Gasteiger partial charge in [0.15, 0.2) is 0 Å². The van der Waals surface area contributed by atoms with E-state index in [0.717, 1.165) is 29.5 Å². The maximum Gasteiger partial charge on any atom is 0.306 e. The monoisotopic (exact) mass is 290 g/mol. The molecule has 4 atom stereocenters. The first-order valence-electron chi connectivity index (χ1n) is 7.83. The molecule has 1 aromatic carbocycles. The van der Waals surface area contributed by atoms with Crippen molar-refractivity contribution in [2.75, 3.05) is 0 Å². The number of hydrogen-bond acceptors (Lipinski definition) is 2. The molecule has 1 aromatic rings. The van der Waals surface area contributed by atoms with E-state index in [9.17, 15) is 15.0 Å². The molecule has 4 unspecified atom stereocenters. The Balaban J connectivity index is 2.34. The lowest BCUT2D eigenvalue weighted by molar-refractivity contribution is -0.144. The van der Waals surface area contributed by atoms with E-state index in [4.69, 9.17) is 0 Å². The minimum Gasteiger partial charge on any atom is -0.481 e. The number of carboxylic acids is 1. The Hall–Kier alpha value is -1.35. The average Bonchev–Trinajstić information content (AvgIpc) is 2.81. The summed E-state index contributed by atoms with van der Waals surface area (Å²) < 4.78 is 0. The molecule has 0 aromatic heterocycles. The summed E-state index contributed by atoms with van der Waals surface area (Å²) in [7, 11) is 0. The van der Waals surface area contributed by atoms with Crippen LogP contribution in [0.2, 0.25) is 0 Å². The van der Waals surface area contributed by atoms with Gasteiger partial charge in [0.05, 0.1) is 12.0 Å². The van der Waals surface area contributed by atoms with Crippen molar-refractivity contribution in [3.8, 4) is 0 Å². The standard InChI is InChI=1S/C18H26O3/c1-5-13-8-14(15(9-13)18(20)21)17(19)16-11(3)6-10(2)7-12(16)4/h6-7,13-15,17,19H,5,8-9H2,1-4H3,(H,20,21). The van der Waals surface area contributed by atoms with Crippen LogP contribution < -0.4 is 0 Å². The molecule has 2 N–H and O–H groups in total. The third kappa shape index (κ3) is 3.13. The molecule has 0 heterocycles. The lowest BCUT2D eigenvalue weighted by atomic mass is 9.83. The fourth-order valence-corrected chi connectivity index (χ4v) is 4.02. The first-order valence-corrected chi connectivity index (χ1v) is 7.83. The number of aliphatic carboxylic acids is 1. The van der Waals surface area contributed by atoms with E-state index in [1.165, 1.54) is 5.56 Å². The van der Waals surface area contributed by atoms with Crippen LogP contribution in [0.5, 0.6) is 0 Å². The summed E-state index contributed by atoms with van der Waals surface area (Å²) in [6.07, 6.45) is 1.81. The second-order valence-corrected chi connectivity index (χ2v) is 6.61. The Bertz CT molecular complexity index is 512. The summed E-state index contributed by atoms with van der Waals surface area (Å²) in [5.41, 5.74) is 4.22. The van der Waals surface area contributed by atoms with Gasteiger partial charge in [-0.25, -0.2) is 0 Å². The van der Waals surface area contributed by atoms with Crippen LogP contribution in [-0.2, 0) is 4.79 Å². The van der Waals surface area contributed by atoms with Crippen molar-refractivity contribution >= 4 is 5.97 Å². The van der Waals surface area contributed by atoms with Gasteiger partial charge in [-0.1, -0.05) is 31.0 Å². The quantitative estimate of drug-likeness (QED) is 0.887. The molecule has 0 bridgehead atoms. The topological polar surface area (TPSA) is 57.5 Å². The highest BCUT2D eigenvalue weighted by Crippen LogP contribution is 2.45. The molecule has 3 nitrogen and oxygen atoms in total. The van der Waals surface area contributed by atoms with Crippen LogP contribution in [0, 0.1) is 38.5 Å². The molecular formula is C18H26O3. The largest absolute Gasteiger partial charge is 0.481 e. The zero-order chi connectivity index (χ0) is 15.7. The van der Waals surface area contributed by atoms with E-state index >= 15 is 0 Å². The number of benzene rings is 1. The van der Waals surface area contributed by atoms with E-state index in [2.05, 4.69) is 19.1 Å². The fourth-order valence-electron chi connectivity index (χ4n) is 4.02. The number of rotatable bonds is 4. The summed E-state index contributed by atoms with van der Waals surface area (Å²) >= 11 is 0. The fraction of sp³-hybridized carbons (Fsp3) is 0.611. The van der Waals surface area contributed by atoms with Gasteiger partial charge in [0.1, 0.15) is 0 Å². The number of aryl methyl sites for hydroxylation is 3. The Labute approximate surface area is 127 Å². The Morgan fingerprint density at radius 3 is 2.29 bits per heavy atom. The van der Waals surface area contributed by atoms with Gasteiger partial charge < -0.3 is 10.2 Å². The predicted octanol–water partition coefficient (Wildman–Crippen LogP) is 3.78. The van der Waals surface area contributed by atoms with Gasteiger partial charge in [-0.15, -0.1) is 0 Å². The lowest BCUT2D eigenvalue weighted by Gasteiger charge is -2.26. The number of aliphatic hydroxyl groups is 1. The highest BCUT2D eigenvalue weighted by molar-refractivity contribution is 5.71. The first-order chi connectivity index (χ1) is 9.85. The van der Waals surface area contributed by atoms with Crippen molar-refractivity contribution < 1.29 is 15.0 Å². The van der Waals surface area contributed by atoms with Crippen LogP contribution in [0.3, 0.4) is 0 Å². The van der Waals surface area contributed by atoms with Gasteiger partial charge in [0.25, 0.3) is 0 Å². The Kier molecular flexibility index (Phi) is 4.72. The summed E-state index contributed by atoms with van der Waals surface area (Å²) in [6, 6.07) is 4.13. The van der Waals surface area contributed by atoms with Crippen molar-refractivity contribution in [2.24, 2.45) is 17.8 Å². The molecule has 1 saturated carbocycles. The molecule has 1 aliphatic rings. The number of carbonyl (C=O) groups is 1. The van der Waals surface area contributed by atoms with Crippen LogP contribution >= 0.6 is 0 Å². The molecular weight excluding hydrogens is 264 g/mol. The number of carboxylic acid groups (broad SMARTS) is 1. The Morgan fingerprint density at radius 2 is 1.81 bits per heavy atom. The number of aliphatic hydroxyl groups excluding tert-OH is 1. The van der Waals surface area contributed by atoms with E-state index in [-0.39, 0.29) is 5.92 Å². The molecule has 0 aliphatic heterocycles. The average molecular weight is 290 g/mol. The van der Waals surface area contributed by atoms with Crippen LogP contribution in [0.1, 0.15) is 54.5 Å². The minimum absolute atomic E-state index is 0.174. The molecule has 0 spiro atoms. The highest BCUT2D eigenvalue weighted by atomic mass is 16.4. The second kappa shape index (κ2) is 6.18. The summed E-state index contributed by atoms with van der Waals surface area (Å²) in [5.74, 6) is -0.952. The summed E-state index contributed by atoms with van der Waals surface area (Å²) in [5, 5.41) is 20.3. The second-order valence-electron chi connectivity index (χ2n) is 6.61. The molecule has 0 saturated heterocycles. The summed E-state index contributed by atoms with van der Waals surface area (Å²) in [4.78, 5) is 11.5. The smallest absolute Gasteiger partial charge is 0.306 e. The van der Waals surface area contributed by atoms with Gasteiger partial charge >= 0.3 is 5.97 Å². The third-order valence-corrected chi connectivity index (χ3v) is 5.04.